The van der Waals surface area contributed by atoms with Gasteiger partial charge in [0, 0.05) is 43.0 Å². The molecule has 0 saturated heterocycles. The van der Waals surface area contributed by atoms with Crippen LogP contribution in [-0.4, -0.2) is 48.2 Å². The SMILES string of the molecule is Cc1c(OCCN(Cc2ccc([N+](=O)[O-])cc2)C2CCCCC2)ccnc1CS(=O)c1nc2ccccc2[nH]1. The molecule has 1 aliphatic rings. The lowest BCUT2D eigenvalue weighted by Crippen LogP contribution is -2.39. The monoisotopic (exact) mass is 547 g/mol. The van der Waals surface area contributed by atoms with Crippen LogP contribution in [0.15, 0.2) is 66.0 Å². The van der Waals surface area contributed by atoms with Crippen molar-refractivity contribution < 1.29 is 13.9 Å². The first-order chi connectivity index (χ1) is 19.0. The summed E-state index contributed by atoms with van der Waals surface area (Å²) in [5.74, 6) is 0.984. The smallest absolute Gasteiger partial charge is 0.269 e. The molecular formula is C29H33N5O4S. The number of nitrogens with zero attached hydrogens (tertiary/aromatic N) is 4. The van der Waals surface area contributed by atoms with E-state index < -0.39 is 10.8 Å². The number of hydrogen-bond donors (Lipinski definition) is 1. The second-order valence-electron chi connectivity index (χ2n) is 9.96. The molecule has 204 valence electrons. The highest BCUT2D eigenvalue weighted by Crippen LogP contribution is 2.26. The van der Waals surface area contributed by atoms with E-state index in [1.807, 2.05) is 49.4 Å². The number of imidazole rings is 1. The fraction of sp³-hybridized carbons (Fsp3) is 0.379. The van der Waals surface area contributed by atoms with Gasteiger partial charge in [-0.2, -0.15) is 0 Å². The Labute approximate surface area is 230 Å². The first kappa shape index (κ1) is 27.0. The lowest BCUT2D eigenvalue weighted by atomic mass is 9.94. The van der Waals surface area contributed by atoms with Crippen LogP contribution in [-0.2, 0) is 23.1 Å². The molecule has 1 fully saturated rings. The highest BCUT2D eigenvalue weighted by atomic mass is 32.2. The van der Waals surface area contributed by atoms with Crippen molar-refractivity contribution in [1.29, 1.82) is 0 Å². The zero-order chi connectivity index (χ0) is 27.2. The van der Waals surface area contributed by atoms with Gasteiger partial charge in [0.1, 0.15) is 12.4 Å². The van der Waals surface area contributed by atoms with Gasteiger partial charge in [-0.05, 0) is 43.5 Å². The molecular weight excluding hydrogens is 514 g/mol. The highest BCUT2D eigenvalue weighted by molar-refractivity contribution is 7.84. The normalized spacial score (nSPS) is 15.0. The molecule has 2 aromatic carbocycles. The average Bonchev–Trinajstić information content (AvgIpc) is 3.40. The Morgan fingerprint density at radius 3 is 2.62 bits per heavy atom. The summed E-state index contributed by atoms with van der Waals surface area (Å²) < 4.78 is 19.3. The third-order valence-electron chi connectivity index (χ3n) is 7.37. The Balaban J connectivity index is 1.23. The first-order valence-electron chi connectivity index (χ1n) is 13.4. The molecule has 1 saturated carbocycles. The Hall–Kier alpha value is -3.63. The zero-order valence-electron chi connectivity index (χ0n) is 22.0. The summed E-state index contributed by atoms with van der Waals surface area (Å²) >= 11 is 0. The molecule has 39 heavy (non-hydrogen) atoms. The number of benzene rings is 2. The maximum atomic E-state index is 13.1. The summed E-state index contributed by atoms with van der Waals surface area (Å²) in [6.07, 6.45) is 7.71. The Morgan fingerprint density at radius 1 is 1.10 bits per heavy atom. The number of nitrogens with one attached hydrogen (secondary N) is 1. The van der Waals surface area contributed by atoms with Gasteiger partial charge in [0.25, 0.3) is 5.69 Å². The molecule has 9 nitrogen and oxygen atoms in total. The molecule has 2 aromatic heterocycles. The Kier molecular flexibility index (Phi) is 8.63. The van der Waals surface area contributed by atoms with Gasteiger partial charge in [0.05, 0.1) is 38.2 Å². The number of aromatic amines is 1. The number of aromatic nitrogens is 3. The number of ether oxygens (including phenoxy) is 1. The predicted octanol–water partition coefficient (Wildman–Crippen LogP) is 5.70. The minimum atomic E-state index is -1.36. The fourth-order valence-corrected chi connectivity index (χ4v) is 6.26. The largest absolute Gasteiger partial charge is 0.492 e. The number of H-pyrrole nitrogens is 1. The zero-order valence-corrected chi connectivity index (χ0v) is 22.9. The minimum Gasteiger partial charge on any atom is -0.492 e. The third-order valence-corrected chi connectivity index (χ3v) is 8.53. The molecule has 1 atom stereocenters. The number of nitro benzene ring substituents is 1. The number of non-ortho nitro benzene ring substituents is 1. The van der Waals surface area contributed by atoms with Crippen molar-refractivity contribution in [2.75, 3.05) is 13.2 Å². The van der Waals surface area contributed by atoms with Gasteiger partial charge in [-0.1, -0.05) is 43.5 Å². The third kappa shape index (κ3) is 6.69. The van der Waals surface area contributed by atoms with Crippen LogP contribution in [0.25, 0.3) is 11.0 Å². The van der Waals surface area contributed by atoms with Crippen LogP contribution in [0, 0.1) is 17.0 Å². The summed E-state index contributed by atoms with van der Waals surface area (Å²) in [4.78, 5) is 25.2. The predicted molar refractivity (Wildman–Crippen MR) is 151 cm³/mol. The van der Waals surface area contributed by atoms with Gasteiger partial charge in [-0.15, -0.1) is 0 Å². The molecule has 0 bridgehead atoms. The van der Waals surface area contributed by atoms with Gasteiger partial charge < -0.3 is 9.72 Å². The van der Waals surface area contributed by atoms with Gasteiger partial charge in [0.2, 0.25) is 0 Å². The van der Waals surface area contributed by atoms with E-state index in [1.54, 1.807) is 18.3 Å². The summed E-state index contributed by atoms with van der Waals surface area (Å²) in [5.41, 5.74) is 4.42. The van der Waals surface area contributed by atoms with Crippen molar-refractivity contribution in [3.8, 4) is 5.75 Å². The van der Waals surface area contributed by atoms with E-state index in [-0.39, 0.29) is 16.4 Å². The number of para-hydroxylation sites is 2. The second kappa shape index (κ2) is 12.5. The standard InChI is InChI=1S/C29H33N5O4S/c1-21-27(20-39(37)29-31-25-9-5-6-10-26(25)32-29)30-16-15-28(21)38-18-17-33(23-7-3-2-4-8-23)19-22-11-13-24(14-12-22)34(35)36/h5-6,9-16,23H,2-4,7-8,17-20H2,1H3,(H,31,32). The van der Waals surface area contributed by atoms with Crippen LogP contribution >= 0.6 is 0 Å². The number of rotatable bonds is 11. The van der Waals surface area contributed by atoms with E-state index in [2.05, 4.69) is 19.9 Å². The van der Waals surface area contributed by atoms with Crippen LogP contribution in [0.5, 0.6) is 5.75 Å². The maximum absolute atomic E-state index is 13.1. The quantitative estimate of drug-likeness (QED) is 0.189. The summed E-state index contributed by atoms with van der Waals surface area (Å²) in [7, 11) is -1.36. The van der Waals surface area contributed by atoms with E-state index in [0.29, 0.717) is 17.8 Å². The average molecular weight is 548 g/mol. The van der Waals surface area contributed by atoms with E-state index in [4.69, 9.17) is 4.74 Å². The van der Waals surface area contributed by atoms with Gasteiger partial charge in [-0.25, -0.2) is 4.98 Å². The molecule has 1 unspecified atom stereocenters. The summed E-state index contributed by atoms with van der Waals surface area (Å²) in [6.45, 7) is 3.91. The molecule has 2 heterocycles. The lowest BCUT2D eigenvalue weighted by Gasteiger charge is -2.34. The van der Waals surface area contributed by atoms with Crippen molar-refractivity contribution in [3.63, 3.8) is 0 Å². The van der Waals surface area contributed by atoms with Gasteiger partial charge in [0.15, 0.2) is 5.16 Å². The molecule has 10 heteroatoms. The van der Waals surface area contributed by atoms with Crippen molar-refractivity contribution >= 4 is 27.5 Å². The van der Waals surface area contributed by atoms with Crippen molar-refractivity contribution in [3.05, 3.63) is 87.7 Å². The molecule has 0 amide bonds. The van der Waals surface area contributed by atoms with E-state index in [9.17, 15) is 14.3 Å². The van der Waals surface area contributed by atoms with Crippen molar-refractivity contribution in [2.24, 2.45) is 0 Å². The topological polar surface area (TPSA) is 114 Å². The Bertz CT molecular complexity index is 1420. The van der Waals surface area contributed by atoms with Crippen LogP contribution in [0.2, 0.25) is 0 Å². The number of fused-ring (bicyclic) bond motifs is 1. The second-order valence-corrected chi connectivity index (χ2v) is 11.3. The summed E-state index contributed by atoms with van der Waals surface area (Å²) in [6, 6.07) is 16.8. The first-order valence-corrected chi connectivity index (χ1v) is 14.7. The molecule has 1 N–H and O–H groups in total. The van der Waals surface area contributed by atoms with Crippen LogP contribution in [0.1, 0.15) is 48.9 Å². The van der Waals surface area contributed by atoms with E-state index >= 15 is 0 Å². The lowest BCUT2D eigenvalue weighted by molar-refractivity contribution is -0.384. The van der Waals surface area contributed by atoms with Crippen LogP contribution in [0.4, 0.5) is 5.69 Å². The van der Waals surface area contributed by atoms with Gasteiger partial charge in [-0.3, -0.25) is 24.2 Å². The van der Waals surface area contributed by atoms with Crippen LogP contribution < -0.4 is 4.74 Å². The number of pyridine rings is 1. The Morgan fingerprint density at radius 2 is 1.87 bits per heavy atom. The fourth-order valence-electron chi connectivity index (χ4n) is 5.16. The molecule has 1 aliphatic carbocycles. The molecule has 0 radical (unpaired) electrons. The van der Waals surface area contributed by atoms with Crippen molar-refractivity contribution in [2.45, 2.75) is 62.5 Å². The van der Waals surface area contributed by atoms with E-state index in [0.717, 1.165) is 59.5 Å². The number of nitro groups is 1. The van der Waals surface area contributed by atoms with Crippen LogP contribution in [0.3, 0.4) is 0 Å². The highest BCUT2D eigenvalue weighted by Gasteiger charge is 2.22. The molecule has 4 aromatic rings. The minimum absolute atomic E-state index is 0.108. The van der Waals surface area contributed by atoms with Gasteiger partial charge >= 0.3 is 0 Å². The molecule has 5 rings (SSSR count). The van der Waals surface area contributed by atoms with E-state index in [1.165, 1.54) is 19.3 Å². The number of hydrogen-bond acceptors (Lipinski definition) is 7. The maximum Gasteiger partial charge on any atom is 0.269 e. The van der Waals surface area contributed by atoms with Crippen molar-refractivity contribution in [1.82, 2.24) is 19.9 Å². The summed E-state index contributed by atoms with van der Waals surface area (Å²) in [5, 5.41) is 11.5. The molecule has 0 aliphatic heterocycles. The molecule has 0 spiro atoms.